The number of nitrogens with one attached hydrogen (secondary N) is 1. The van der Waals surface area contributed by atoms with Crippen LogP contribution in [0.5, 0.6) is 11.5 Å². The van der Waals surface area contributed by atoms with Crippen LogP contribution in [0, 0.1) is 5.82 Å². The van der Waals surface area contributed by atoms with Gasteiger partial charge in [0.15, 0.2) is 5.82 Å². The minimum Gasteiger partial charge on any atom is -0.507 e. The Labute approximate surface area is 215 Å². The molecule has 4 aliphatic rings. The maximum absolute atomic E-state index is 14.7. The summed E-state index contributed by atoms with van der Waals surface area (Å²) in [5.74, 6) is 0.700. The molecule has 5 heterocycles. The van der Waals surface area contributed by atoms with Crippen LogP contribution in [0.25, 0.3) is 11.3 Å². The van der Waals surface area contributed by atoms with Crippen molar-refractivity contribution in [1.82, 2.24) is 15.5 Å². The van der Waals surface area contributed by atoms with Gasteiger partial charge in [-0.15, -0.1) is 10.2 Å². The number of fused-ring (bicyclic) bond motifs is 4. The molecule has 194 valence electrons. The van der Waals surface area contributed by atoms with Crippen molar-refractivity contribution in [1.29, 1.82) is 0 Å². The normalized spacial score (nSPS) is 22.2. The highest BCUT2D eigenvalue weighted by Crippen LogP contribution is 2.35. The Bertz CT molecular complexity index is 1270. The fourth-order valence-corrected chi connectivity index (χ4v) is 5.46. The average molecular weight is 507 g/mol. The topological polar surface area (TPSA) is 109 Å². The number of ether oxygens (including phenoxy) is 2. The van der Waals surface area contributed by atoms with Crippen LogP contribution in [0.15, 0.2) is 48.5 Å². The average Bonchev–Trinajstić information content (AvgIpc) is 3.22. The number of piperidine rings is 1. The smallest absolute Gasteiger partial charge is 0.169 e. The van der Waals surface area contributed by atoms with Crippen molar-refractivity contribution in [2.45, 2.75) is 31.1 Å². The van der Waals surface area contributed by atoms with Gasteiger partial charge in [-0.3, -0.25) is 0 Å². The number of hydrogen-bond donors (Lipinski definition) is 3. The highest BCUT2D eigenvalue weighted by molar-refractivity contribution is 5.74. The molecule has 4 N–H and O–H groups in total. The molecule has 1 aromatic heterocycles. The summed E-state index contributed by atoms with van der Waals surface area (Å²) < 4.78 is 27.0. The van der Waals surface area contributed by atoms with Gasteiger partial charge in [0.25, 0.3) is 0 Å². The standard InChI is InChI=1S/C27H31FN6O3/c28-17-9-18(11-21(10-17)37-20-5-7-30-8-6-20)34-15-22-14-33(13-19(34)16-36-22)25-12-24(31-32-27(25)29)23-3-1-2-4-26(23)35/h1-4,9-12,19-20,22,30,35H,5-8,13-16H2,(H2,29,32)/t19-,22?/m0/s1. The summed E-state index contributed by atoms with van der Waals surface area (Å²) in [5.41, 5.74) is 8.94. The van der Waals surface area contributed by atoms with Gasteiger partial charge in [0.05, 0.1) is 30.1 Å². The Morgan fingerprint density at radius 3 is 2.73 bits per heavy atom. The molecule has 2 aromatic carbocycles. The van der Waals surface area contributed by atoms with Crippen LogP contribution in [0.1, 0.15) is 12.8 Å². The molecule has 4 aliphatic heterocycles. The molecule has 4 saturated heterocycles. The number of phenols is 1. The summed E-state index contributed by atoms with van der Waals surface area (Å²) >= 11 is 0. The molecule has 2 atom stereocenters. The van der Waals surface area contributed by atoms with Gasteiger partial charge in [0, 0.05) is 43.0 Å². The molecule has 10 heteroatoms. The molecular formula is C27H31FN6O3. The van der Waals surface area contributed by atoms with Crippen LogP contribution in [0.3, 0.4) is 0 Å². The Morgan fingerprint density at radius 2 is 1.89 bits per heavy atom. The van der Waals surface area contributed by atoms with Gasteiger partial charge in [-0.2, -0.15) is 0 Å². The van der Waals surface area contributed by atoms with Gasteiger partial charge in [-0.25, -0.2) is 4.39 Å². The lowest BCUT2D eigenvalue weighted by molar-refractivity contribution is 0.0399. The molecule has 0 aliphatic carbocycles. The Kier molecular flexibility index (Phi) is 6.43. The fraction of sp³-hybridized carbons (Fsp3) is 0.407. The number of benzene rings is 2. The third-order valence-electron chi connectivity index (χ3n) is 7.32. The van der Waals surface area contributed by atoms with Gasteiger partial charge >= 0.3 is 0 Å². The quantitative estimate of drug-likeness (QED) is 0.481. The first-order chi connectivity index (χ1) is 18.0. The summed E-state index contributed by atoms with van der Waals surface area (Å²) in [7, 11) is 0. The van der Waals surface area contributed by atoms with Gasteiger partial charge in [-0.1, -0.05) is 12.1 Å². The van der Waals surface area contributed by atoms with Crippen molar-refractivity contribution in [3.63, 3.8) is 0 Å². The van der Waals surface area contributed by atoms with E-state index < -0.39 is 0 Å². The van der Waals surface area contributed by atoms with Crippen LogP contribution < -0.4 is 25.6 Å². The maximum Gasteiger partial charge on any atom is 0.169 e. The van der Waals surface area contributed by atoms with Crippen LogP contribution in [0.2, 0.25) is 0 Å². The number of phenolic OH excluding ortho intramolecular Hbond substituents is 1. The Morgan fingerprint density at radius 1 is 1.05 bits per heavy atom. The van der Waals surface area contributed by atoms with E-state index in [4.69, 9.17) is 15.2 Å². The summed E-state index contributed by atoms with van der Waals surface area (Å²) in [6.07, 6.45) is 1.81. The van der Waals surface area contributed by atoms with E-state index in [1.807, 2.05) is 18.2 Å². The Balaban J connectivity index is 1.26. The summed E-state index contributed by atoms with van der Waals surface area (Å²) in [6.45, 7) is 4.20. The first kappa shape index (κ1) is 23.7. The second kappa shape index (κ2) is 10.0. The molecular weight excluding hydrogens is 475 g/mol. The highest BCUT2D eigenvalue weighted by Gasteiger charge is 2.37. The van der Waals surface area contributed by atoms with Crippen molar-refractivity contribution in [3.05, 3.63) is 54.3 Å². The molecule has 7 rings (SSSR count). The lowest BCUT2D eigenvalue weighted by Crippen LogP contribution is -2.49. The molecule has 2 bridgehead atoms. The zero-order chi connectivity index (χ0) is 25.4. The summed E-state index contributed by atoms with van der Waals surface area (Å²) in [4.78, 5) is 4.36. The lowest BCUT2D eigenvalue weighted by atomic mass is 10.1. The predicted octanol–water partition coefficient (Wildman–Crippen LogP) is 2.80. The van der Waals surface area contributed by atoms with Gasteiger partial charge in [-0.05, 0) is 50.2 Å². The predicted molar refractivity (Wildman–Crippen MR) is 140 cm³/mol. The third-order valence-corrected chi connectivity index (χ3v) is 7.32. The zero-order valence-electron chi connectivity index (χ0n) is 20.5. The molecule has 0 amide bonds. The van der Waals surface area contributed by atoms with E-state index in [0.29, 0.717) is 49.1 Å². The second-order valence-electron chi connectivity index (χ2n) is 9.90. The molecule has 4 fully saturated rings. The fourth-order valence-electron chi connectivity index (χ4n) is 5.46. The van der Waals surface area contributed by atoms with E-state index in [0.717, 1.165) is 37.3 Å². The number of nitrogen functional groups attached to an aromatic ring is 1. The number of anilines is 3. The molecule has 0 spiro atoms. The minimum atomic E-state index is -0.311. The van der Waals surface area contributed by atoms with E-state index in [9.17, 15) is 9.50 Å². The number of rotatable bonds is 5. The first-order valence-corrected chi connectivity index (χ1v) is 12.8. The number of aromatic nitrogens is 2. The number of hydrogen-bond acceptors (Lipinski definition) is 9. The van der Waals surface area contributed by atoms with Gasteiger partial charge in [0.1, 0.15) is 23.4 Å². The lowest BCUT2D eigenvalue weighted by Gasteiger charge is -2.38. The largest absolute Gasteiger partial charge is 0.507 e. The van der Waals surface area contributed by atoms with Crippen molar-refractivity contribution in [2.24, 2.45) is 0 Å². The number of morpholine rings is 1. The number of nitrogens with zero attached hydrogens (tertiary/aromatic N) is 4. The van der Waals surface area contributed by atoms with Crippen LogP contribution in [-0.4, -0.2) is 72.9 Å². The van der Waals surface area contributed by atoms with Gasteiger partial charge in [0.2, 0.25) is 0 Å². The first-order valence-electron chi connectivity index (χ1n) is 12.8. The van der Waals surface area contributed by atoms with Crippen LogP contribution in [0.4, 0.5) is 21.6 Å². The zero-order valence-corrected chi connectivity index (χ0v) is 20.5. The van der Waals surface area contributed by atoms with Crippen molar-refractivity contribution >= 4 is 17.2 Å². The SMILES string of the molecule is Nc1nnc(-c2ccccc2O)cc1N1CC2CN(c3cc(F)cc(OC4CCNCC4)c3)[C@H](CO2)C1. The summed E-state index contributed by atoms with van der Waals surface area (Å²) in [5, 5.41) is 22.0. The molecule has 37 heavy (non-hydrogen) atoms. The summed E-state index contributed by atoms with van der Waals surface area (Å²) in [6, 6.07) is 13.8. The highest BCUT2D eigenvalue weighted by atomic mass is 19.1. The van der Waals surface area contributed by atoms with E-state index in [1.54, 1.807) is 24.3 Å². The maximum atomic E-state index is 14.7. The number of halogens is 1. The molecule has 0 radical (unpaired) electrons. The second-order valence-corrected chi connectivity index (χ2v) is 9.90. The number of para-hydroxylation sites is 1. The Hall–Kier alpha value is -3.63. The van der Waals surface area contributed by atoms with Crippen molar-refractivity contribution in [3.8, 4) is 22.8 Å². The molecule has 0 saturated carbocycles. The molecule has 9 nitrogen and oxygen atoms in total. The molecule has 3 aromatic rings. The van der Waals surface area contributed by atoms with E-state index in [-0.39, 0.29) is 29.8 Å². The van der Waals surface area contributed by atoms with Crippen LogP contribution >= 0.6 is 0 Å². The van der Waals surface area contributed by atoms with Crippen molar-refractivity contribution < 1.29 is 19.0 Å². The number of nitrogens with two attached hydrogens (primary N) is 1. The van der Waals surface area contributed by atoms with E-state index in [2.05, 4.69) is 25.3 Å². The van der Waals surface area contributed by atoms with Crippen LogP contribution in [-0.2, 0) is 4.74 Å². The minimum absolute atomic E-state index is 0.0200. The van der Waals surface area contributed by atoms with Crippen molar-refractivity contribution in [2.75, 3.05) is 54.9 Å². The molecule has 1 unspecified atom stereocenters. The van der Waals surface area contributed by atoms with Gasteiger partial charge < -0.3 is 35.4 Å². The third kappa shape index (κ3) is 4.99. The van der Waals surface area contributed by atoms with E-state index >= 15 is 0 Å². The van der Waals surface area contributed by atoms with E-state index in [1.165, 1.54) is 6.07 Å². The monoisotopic (exact) mass is 506 g/mol. The number of aromatic hydroxyl groups is 1.